The second kappa shape index (κ2) is 11.2. The van der Waals surface area contributed by atoms with Gasteiger partial charge in [-0.15, -0.1) is 0 Å². The highest BCUT2D eigenvalue weighted by Gasteiger charge is 2.62. The van der Waals surface area contributed by atoms with Gasteiger partial charge in [0.2, 0.25) is 17.7 Å². The quantitative estimate of drug-likeness (QED) is 0.330. The van der Waals surface area contributed by atoms with Crippen LogP contribution in [0.25, 0.3) is 0 Å². The molecule has 3 amide bonds. The van der Waals surface area contributed by atoms with Crippen molar-refractivity contribution in [3.63, 3.8) is 0 Å². The molecule has 3 heterocycles. The number of fused-ring (bicyclic) bond motifs is 2. The molecule has 0 bridgehead atoms. The van der Waals surface area contributed by atoms with Crippen LogP contribution in [-0.4, -0.2) is 41.8 Å². The Labute approximate surface area is 260 Å². The summed E-state index contributed by atoms with van der Waals surface area (Å²) in [6.07, 6.45) is 0.807. The van der Waals surface area contributed by atoms with E-state index in [9.17, 15) is 14.4 Å². The molecule has 1 spiro atoms. The Bertz CT molecular complexity index is 1610. The number of nitrogens with one attached hydrogen (secondary N) is 2. The minimum Gasteiger partial charge on any atom is -0.490 e. The average Bonchev–Trinajstić information content (AvgIpc) is 3.23. The van der Waals surface area contributed by atoms with Gasteiger partial charge in [-0.25, -0.2) is 4.39 Å². The molecule has 7 nitrogen and oxygen atoms in total. The maximum Gasteiger partial charge on any atom is 0.238 e. The van der Waals surface area contributed by atoms with Gasteiger partial charge in [-0.3, -0.25) is 14.4 Å². The molecule has 2 fully saturated rings. The van der Waals surface area contributed by atoms with Gasteiger partial charge in [0.05, 0.1) is 16.1 Å². The zero-order valence-electron chi connectivity index (χ0n) is 22.6. The average molecular weight is 675 g/mol. The molecule has 2 saturated heterocycles. The molecule has 0 aromatic heterocycles. The summed E-state index contributed by atoms with van der Waals surface area (Å²) in [5.41, 5.74) is 0.365. The lowest BCUT2D eigenvalue weighted by Gasteiger charge is -2.47. The first kappa shape index (κ1) is 29.0. The van der Waals surface area contributed by atoms with Gasteiger partial charge in [0.15, 0.2) is 0 Å². The van der Waals surface area contributed by atoms with Gasteiger partial charge in [0, 0.05) is 60.9 Å². The summed E-state index contributed by atoms with van der Waals surface area (Å²) in [6.45, 7) is 2.57. The number of carbonyl (C=O) groups is 3. The Balaban J connectivity index is 1.53. The normalized spacial score (nSPS) is 23.9. The van der Waals surface area contributed by atoms with Crippen LogP contribution in [0.5, 0.6) is 5.75 Å². The lowest BCUT2D eigenvalue weighted by atomic mass is 9.59. The van der Waals surface area contributed by atoms with Crippen LogP contribution in [0.4, 0.5) is 10.1 Å². The number of hydrogen-bond donors (Lipinski definition) is 2. The molecule has 3 aliphatic heterocycles. The van der Waals surface area contributed by atoms with E-state index in [2.05, 4.69) is 26.6 Å². The standard InChI is InChI=1S/C31H27BrCl2FN3O4/c1-16(39)38-11-9-20(10-12-38)42-25-8-7-23(32)28(35)27(25)29-31(21-6-5-19(34)14-24(21)36-30(31)41)22(15-26(40)37-29)17-3-2-4-18(33)13-17/h2-8,13-14,20,22,29H,9-12,15H2,1H3,(H,36,41)(H,37,40)/t22-,29+,31?/m0/s1. The van der Waals surface area contributed by atoms with Crippen molar-refractivity contribution in [2.24, 2.45) is 0 Å². The van der Waals surface area contributed by atoms with Crippen molar-refractivity contribution in [3.05, 3.63) is 91.6 Å². The fourth-order valence-corrected chi connectivity index (χ4v) is 7.35. The number of likely N-dealkylation sites (tertiary alicyclic amines) is 1. The van der Waals surface area contributed by atoms with E-state index >= 15 is 4.39 Å². The van der Waals surface area contributed by atoms with Gasteiger partial charge in [0.1, 0.15) is 23.1 Å². The zero-order chi connectivity index (χ0) is 29.8. The highest BCUT2D eigenvalue weighted by Crippen LogP contribution is 2.59. The molecular formula is C31H27BrCl2FN3O4. The van der Waals surface area contributed by atoms with Crippen LogP contribution in [-0.2, 0) is 19.8 Å². The number of nitrogens with zero attached hydrogens (tertiary/aromatic N) is 1. The van der Waals surface area contributed by atoms with E-state index in [4.69, 9.17) is 27.9 Å². The SMILES string of the molecule is CC(=O)N1CCC(Oc2ccc(Br)c(F)c2[C@H]2NC(=O)C[C@@H](c3cccc(Cl)c3)C23C(=O)Nc2cc(Cl)ccc23)CC1. The number of benzene rings is 3. The summed E-state index contributed by atoms with van der Waals surface area (Å²) >= 11 is 16.0. The molecule has 6 rings (SSSR count). The van der Waals surface area contributed by atoms with Crippen molar-refractivity contribution >= 4 is 62.5 Å². The van der Waals surface area contributed by atoms with Gasteiger partial charge in [0.25, 0.3) is 0 Å². The summed E-state index contributed by atoms with van der Waals surface area (Å²) in [6, 6.07) is 14.2. The molecule has 0 radical (unpaired) electrons. The second-order valence-electron chi connectivity index (χ2n) is 10.9. The predicted octanol–water partition coefficient (Wildman–Crippen LogP) is 6.52. The summed E-state index contributed by atoms with van der Waals surface area (Å²) in [5, 5.41) is 6.81. The molecule has 0 aliphatic carbocycles. The summed E-state index contributed by atoms with van der Waals surface area (Å²) in [5.74, 6) is -1.85. The van der Waals surface area contributed by atoms with Crippen LogP contribution < -0.4 is 15.4 Å². The van der Waals surface area contributed by atoms with Crippen LogP contribution in [0, 0.1) is 5.82 Å². The summed E-state index contributed by atoms with van der Waals surface area (Å²) in [7, 11) is 0. The predicted molar refractivity (Wildman–Crippen MR) is 161 cm³/mol. The molecule has 1 unspecified atom stereocenters. The minimum absolute atomic E-state index is 0.00578. The molecule has 3 aliphatic rings. The molecule has 42 heavy (non-hydrogen) atoms. The highest BCUT2D eigenvalue weighted by molar-refractivity contribution is 9.10. The Morgan fingerprint density at radius 1 is 1.07 bits per heavy atom. The van der Waals surface area contributed by atoms with E-state index in [1.165, 1.54) is 6.92 Å². The van der Waals surface area contributed by atoms with Crippen molar-refractivity contribution in [2.45, 2.75) is 49.7 Å². The number of hydrogen-bond acceptors (Lipinski definition) is 4. The first-order valence-corrected chi connectivity index (χ1v) is 15.2. The Kier molecular flexibility index (Phi) is 7.70. The van der Waals surface area contributed by atoms with Crippen LogP contribution >= 0.6 is 39.1 Å². The third kappa shape index (κ3) is 4.85. The van der Waals surface area contributed by atoms with E-state index in [0.29, 0.717) is 52.8 Å². The Morgan fingerprint density at radius 2 is 1.81 bits per heavy atom. The monoisotopic (exact) mass is 673 g/mol. The number of amides is 3. The van der Waals surface area contributed by atoms with E-state index < -0.39 is 29.1 Å². The number of carbonyl (C=O) groups excluding carboxylic acids is 3. The second-order valence-corrected chi connectivity index (χ2v) is 12.6. The molecule has 0 saturated carbocycles. The van der Waals surface area contributed by atoms with Crippen molar-refractivity contribution in [3.8, 4) is 5.75 Å². The Hall–Kier alpha value is -3.14. The van der Waals surface area contributed by atoms with Crippen molar-refractivity contribution in [1.29, 1.82) is 0 Å². The van der Waals surface area contributed by atoms with Gasteiger partial charge in [-0.1, -0.05) is 41.4 Å². The molecule has 218 valence electrons. The first-order valence-electron chi connectivity index (χ1n) is 13.7. The van der Waals surface area contributed by atoms with Crippen molar-refractivity contribution in [2.75, 3.05) is 18.4 Å². The maximum absolute atomic E-state index is 16.4. The summed E-state index contributed by atoms with van der Waals surface area (Å²) in [4.78, 5) is 41.3. The van der Waals surface area contributed by atoms with Crippen molar-refractivity contribution in [1.82, 2.24) is 10.2 Å². The lowest BCUT2D eigenvalue weighted by molar-refractivity contribution is -0.132. The largest absolute Gasteiger partial charge is 0.490 e. The topological polar surface area (TPSA) is 87.7 Å². The van der Waals surface area contributed by atoms with E-state index in [1.807, 2.05) is 6.07 Å². The molecule has 3 atom stereocenters. The first-order chi connectivity index (χ1) is 20.1. The molecule has 11 heteroatoms. The van der Waals surface area contributed by atoms with Crippen LogP contribution in [0.2, 0.25) is 10.0 Å². The van der Waals surface area contributed by atoms with Crippen LogP contribution in [0.3, 0.4) is 0 Å². The van der Waals surface area contributed by atoms with E-state index in [1.54, 1.807) is 53.4 Å². The Morgan fingerprint density at radius 3 is 2.52 bits per heavy atom. The fraction of sp³-hybridized carbons (Fsp3) is 0.323. The number of piperidine rings is 2. The van der Waals surface area contributed by atoms with E-state index in [-0.39, 0.29) is 40.1 Å². The number of halogens is 4. The lowest BCUT2D eigenvalue weighted by Crippen LogP contribution is -2.57. The highest BCUT2D eigenvalue weighted by atomic mass is 79.9. The molecular weight excluding hydrogens is 648 g/mol. The third-order valence-electron chi connectivity index (χ3n) is 8.56. The van der Waals surface area contributed by atoms with Crippen LogP contribution in [0.15, 0.2) is 59.1 Å². The minimum atomic E-state index is -1.46. The number of ether oxygens (including phenoxy) is 1. The summed E-state index contributed by atoms with van der Waals surface area (Å²) < 4.78 is 23.0. The maximum atomic E-state index is 16.4. The van der Waals surface area contributed by atoms with Crippen molar-refractivity contribution < 1.29 is 23.5 Å². The third-order valence-corrected chi connectivity index (χ3v) is 9.65. The fourth-order valence-electron chi connectivity index (χ4n) is 6.63. The molecule has 2 N–H and O–H groups in total. The zero-order valence-corrected chi connectivity index (χ0v) is 25.7. The number of anilines is 1. The van der Waals surface area contributed by atoms with Gasteiger partial charge >= 0.3 is 0 Å². The smallest absolute Gasteiger partial charge is 0.238 e. The molecule has 3 aromatic rings. The van der Waals surface area contributed by atoms with Gasteiger partial charge in [-0.05, 0) is 63.5 Å². The molecule has 3 aromatic carbocycles. The number of rotatable bonds is 4. The van der Waals surface area contributed by atoms with Crippen LogP contribution in [0.1, 0.15) is 54.8 Å². The van der Waals surface area contributed by atoms with Gasteiger partial charge < -0.3 is 20.3 Å². The van der Waals surface area contributed by atoms with Gasteiger partial charge in [-0.2, -0.15) is 0 Å². The van der Waals surface area contributed by atoms with E-state index in [0.717, 1.165) is 0 Å².